The molecule has 5 nitrogen and oxygen atoms in total. The molecular formula is C14H19N3O2S. The summed E-state index contributed by atoms with van der Waals surface area (Å²) in [6, 6.07) is 0. The fourth-order valence-electron chi connectivity index (χ4n) is 2.49. The van der Waals surface area contributed by atoms with E-state index in [0.717, 1.165) is 15.6 Å². The second kappa shape index (κ2) is 5.16. The molecule has 2 fully saturated rings. The van der Waals surface area contributed by atoms with Crippen molar-refractivity contribution in [3.05, 3.63) is 15.6 Å². The number of aryl methyl sites for hydroxylation is 1. The minimum absolute atomic E-state index is 0.0788. The minimum Gasteiger partial charge on any atom is -0.339 e. The topological polar surface area (TPSA) is 53.5 Å². The Balaban J connectivity index is 1.68. The molecule has 0 spiro atoms. The van der Waals surface area contributed by atoms with Crippen molar-refractivity contribution in [2.45, 2.75) is 32.6 Å². The molecular weight excluding hydrogens is 274 g/mol. The van der Waals surface area contributed by atoms with Gasteiger partial charge in [-0.25, -0.2) is 4.98 Å². The zero-order valence-electron chi connectivity index (χ0n) is 11.9. The largest absolute Gasteiger partial charge is 0.339 e. The Bertz CT molecular complexity index is 543. The molecule has 2 amide bonds. The molecule has 0 radical (unpaired) electrons. The number of rotatable bonds is 2. The molecule has 1 aromatic rings. The van der Waals surface area contributed by atoms with Gasteiger partial charge in [-0.15, -0.1) is 11.3 Å². The van der Waals surface area contributed by atoms with E-state index in [4.69, 9.17) is 0 Å². The molecule has 3 rings (SSSR count). The fraction of sp³-hybridized carbons (Fsp3) is 0.643. The second-order valence-electron chi connectivity index (χ2n) is 5.54. The van der Waals surface area contributed by atoms with Crippen LogP contribution >= 0.6 is 11.3 Å². The Morgan fingerprint density at radius 1 is 1.15 bits per heavy atom. The SMILES string of the molecule is CC(=O)N1CCN(C(=O)c2sc(C3CC3)nc2C)CC1. The van der Waals surface area contributed by atoms with Crippen molar-refractivity contribution in [2.24, 2.45) is 0 Å². The summed E-state index contributed by atoms with van der Waals surface area (Å²) in [6.07, 6.45) is 2.41. The van der Waals surface area contributed by atoms with E-state index < -0.39 is 0 Å². The lowest BCUT2D eigenvalue weighted by atomic mass is 10.2. The standard InChI is InChI=1S/C14H19N3O2S/c1-9-12(20-13(15-9)11-3-4-11)14(19)17-7-5-16(6-8-17)10(2)18/h11H,3-8H2,1-2H3. The Morgan fingerprint density at radius 3 is 2.30 bits per heavy atom. The third-order valence-corrected chi connectivity index (χ3v) is 5.25. The van der Waals surface area contributed by atoms with E-state index in [0.29, 0.717) is 32.1 Å². The van der Waals surface area contributed by atoms with Crippen LogP contribution in [-0.4, -0.2) is 52.8 Å². The van der Waals surface area contributed by atoms with Crippen LogP contribution in [0.4, 0.5) is 0 Å². The smallest absolute Gasteiger partial charge is 0.265 e. The minimum atomic E-state index is 0.0788. The third-order valence-electron chi connectivity index (χ3n) is 3.95. The number of aromatic nitrogens is 1. The molecule has 2 aliphatic rings. The van der Waals surface area contributed by atoms with E-state index in [1.54, 1.807) is 23.2 Å². The molecule has 6 heteroatoms. The third kappa shape index (κ3) is 2.57. The van der Waals surface area contributed by atoms with Gasteiger partial charge in [0.15, 0.2) is 0 Å². The number of hydrogen-bond acceptors (Lipinski definition) is 4. The van der Waals surface area contributed by atoms with Crippen LogP contribution in [0.25, 0.3) is 0 Å². The zero-order chi connectivity index (χ0) is 14.3. The van der Waals surface area contributed by atoms with Crippen molar-refractivity contribution >= 4 is 23.2 Å². The van der Waals surface area contributed by atoms with Crippen LogP contribution < -0.4 is 0 Å². The summed E-state index contributed by atoms with van der Waals surface area (Å²) in [5, 5.41) is 1.12. The summed E-state index contributed by atoms with van der Waals surface area (Å²) in [7, 11) is 0. The molecule has 0 bridgehead atoms. The first-order chi connectivity index (χ1) is 9.56. The summed E-state index contributed by atoms with van der Waals surface area (Å²) in [5.41, 5.74) is 0.857. The molecule has 0 atom stereocenters. The van der Waals surface area contributed by atoms with Crippen LogP contribution in [0.15, 0.2) is 0 Å². The van der Waals surface area contributed by atoms with E-state index in [1.807, 2.05) is 11.8 Å². The second-order valence-corrected chi connectivity index (χ2v) is 6.57. The Hall–Kier alpha value is -1.43. The number of hydrogen-bond donors (Lipinski definition) is 0. The van der Waals surface area contributed by atoms with Gasteiger partial charge < -0.3 is 9.80 Å². The van der Waals surface area contributed by atoms with Crippen LogP contribution in [0, 0.1) is 6.92 Å². The van der Waals surface area contributed by atoms with Crippen molar-refractivity contribution in [1.29, 1.82) is 0 Å². The van der Waals surface area contributed by atoms with Gasteiger partial charge in [-0.1, -0.05) is 0 Å². The average molecular weight is 293 g/mol. The molecule has 1 saturated heterocycles. The van der Waals surface area contributed by atoms with E-state index >= 15 is 0 Å². The van der Waals surface area contributed by atoms with Crippen LogP contribution in [0.2, 0.25) is 0 Å². The molecule has 1 saturated carbocycles. The van der Waals surface area contributed by atoms with Gasteiger partial charge in [-0.3, -0.25) is 9.59 Å². The molecule has 2 heterocycles. The van der Waals surface area contributed by atoms with Gasteiger partial charge in [0.1, 0.15) is 4.88 Å². The van der Waals surface area contributed by atoms with E-state index in [1.165, 1.54) is 12.8 Å². The van der Waals surface area contributed by atoms with Gasteiger partial charge >= 0.3 is 0 Å². The maximum atomic E-state index is 12.5. The maximum Gasteiger partial charge on any atom is 0.265 e. The summed E-state index contributed by atoms with van der Waals surface area (Å²) < 4.78 is 0. The molecule has 1 aromatic heterocycles. The number of amides is 2. The molecule has 1 aliphatic carbocycles. The number of carbonyl (C=O) groups is 2. The molecule has 0 aromatic carbocycles. The van der Waals surface area contributed by atoms with Crippen molar-refractivity contribution < 1.29 is 9.59 Å². The summed E-state index contributed by atoms with van der Waals surface area (Å²) in [6.45, 7) is 6.00. The first-order valence-corrected chi connectivity index (χ1v) is 7.90. The Labute approximate surface area is 122 Å². The van der Waals surface area contributed by atoms with Gasteiger partial charge in [0, 0.05) is 39.0 Å². The number of carbonyl (C=O) groups excluding carboxylic acids is 2. The van der Waals surface area contributed by atoms with Crippen LogP contribution in [-0.2, 0) is 4.79 Å². The summed E-state index contributed by atoms with van der Waals surface area (Å²) in [4.78, 5) is 32.8. The zero-order valence-corrected chi connectivity index (χ0v) is 12.7. The predicted molar refractivity (Wildman–Crippen MR) is 77.0 cm³/mol. The summed E-state index contributed by atoms with van der Waals surface area (Å²) >= 11 is 1.56. The highest BCUT2D eigenvalue weighted by atomic mass is 32.1. The molecule has 1 aliphatic heterocycles. The Kier molecular flexibility index (Phi) is 3.50. The van der Waals surface area contributed by atoms with Crippen LogP contribution in [0.1, 0.15) is 46.1 Å². The maximum absolute atomic E-state index is 12.5. The monoisotopic (exact) mass is 293 g/mol. The van der Waals surface area contributed by atoms with Crippen LogP contribution in [0.5, 0.6) is 0 Å². The molecule has 0 N–H and O–H groups in total. The van der Waals surface area contributed by atoms with Crippen molar-refractivity contribution in [1.82, 2.24) is 14.8 Å². The lowest BCUT2D eigenvalue weighted by molar-refractivity contribution is -0.130. The lowest BCUT2D eigenvalue weighted by Crippen LogP contribution is -2.50. The molecule has 20 heavy (non-hydrogen) atoms. The van der Waals surface area contributed by atoms with Gasteiger partial charge in [-0.05, 0) is 19.8 Å². The molecule has 0 unspecified atom stereocenters. The van der Waals surface area contributed by atoms with Gasteiger partial charge in [0.05, 0.1) is 10.7 Å². The van der Waals surface area contributed by atoms with Crippen LogP contribution in [0.3, 0.4) is 0 Å². The Morgan fingerprint density at radius 2 is 1.75 bits per heavy atom. The first-order valence-electron chi connectivity index (χ1n) is 7.08. The van der Waals surface area contributed by atoms with E-state index in [-0.39, 0.29) is 11.8 Å². The first kappa shape index (κ1) is 13.5. The number of nitrogens with zero attached hydrogens (tertiary/aromatic N) is 3. The van der Waals surface area contributed by atoms with Crippen molar-refractivity contribution in [3.8, 4) is 0 Å². The van der Waals surface area contributed by atoms with E-state index in [9.17, 15) is 9.59 Å². The van der Waals surface area contributed by atoms with Gasteiger partial charge in [0.2, 0.25) is 5.91 Å². The highest BCUT2D eigenvalue weighted by Gasteiger charge is 2.31. The number of piperazine rings is 1. The highest BCUT2D eigenvalue weighted by molar-refractivity contribution is 7.13. The van der Waals surface area contributed by atoms with Crippen molar-refractivity contribution in [2.75, 3.05) is 26.2 Å². The normalized spacial score (nSPS) is 19.3. The predicted octanol–water partition coefficient (Wildman–Crippen LogP) is 1.63. The highest BCUT2D eigenvalue weighted by Crippen LogP contribution is 2.42. The fourth-order valence-corrected chi connectivity index (χ4v) is 3.69. The van der Waals surface area contributed by atoms with E-state index in [2.05, 4.69) is 4.98 Å². The van der Waals surface area contributed by atoms with Gasteiger partial charge in [-0.2, -0.15) is 0 Å². The van der Waals surface area contributed by atoms with Gasteiger partial charge in [0.25, 0.3) is 5.91 Å². The average Bonchev–Trinajstić information content (AvgIpc) is 3.21. The summed E-state index contributed by atoms with van der Waals surface area (Å²) in [5.74, 6) is 0.756. The molecule has 108 valence electrons. The van der Waals surface area contributed by atoms with Crippen molar-refractivity contribution in [3.63, 3.8) is 0 Å². The number of thiazole rings is 1. The lowest BCUT2D eigenvalue weighted by Gasteiger charge is -2.34. The quantitative estimate of drug-likeness (QED) is 0.833.